The van der Waals surface area contributed by atoms with Crippen molar-refractivity contribution in [1.29, 1.82) is 0 Å². The van der Waals surface area contributed by atoms with Crippen LogP contribution in [0, 0.1) is 0 Å². The van der Waals surface area contributed by atoms with Gasteiger partial charge < -0.3 is 0 Å². The quantitative estimate of drug-likeness (QED) is 0.395. The summed E-state index contributed by atoms with van der Waals surface area (Å²) in [6, 6.07) is 0. The van der Waals surface area contributed by atoms with E-state index < -0.39 is 17.9 Å². The van der Waals surface area contributed by atoms with Gasteiger partial charge in [-0.1, -0.05) is 0 Å². The standard InChI is InChI=1S/H2O4S3/c1-6(2)7(3,4)5/h(H,1,2)(H,3,4,5). The van der Waals surface area contributed by atoms with E-state index in [0.29, 0.717) is 0 Å². The Hall–Kier alpha value is 0.440. The molecule has 0 aliphatic carbocycles. The highest BCUT2D eigenvalue weighted by Crippen LogP contribution is 1.84. The molecule has 0 heterocycles. The first-order valence-electron chi connectivity index (χ1n) is 1.03. The van der Waals surface area contributed by atoms with Crippen LogP contribution in [0.5, 0.6) is 0 Å². The molecule has 2 atom stereocenters. The number of hydrogen-bond acceptors (Lipinski definition) is 3. The molecule has 0 amide bonds. The van der Waals surface area contributed by atoms with Gasteiger partial charge in [-0.2, -0.15) is 0 Å². The Balaban J connectivity index is 4.43. The van der Waals surface area contributed by atoms with Crippen molar-refractivity contribution in [3.8, 4) is 0 Å². The van der Waals surface area contributed by atoms with Gasteiger partial charge in [0.1, 0.15) is 0 Å². The average Bonchev–Trinajstić information content (AvgIpc) is 1.31. The van der Waals surface area contributed by atoms with E-state index in [4.69, 9.17) is 9.11 Å². The van der Waals surface area contributed by atoms with Gasteiger partial charge in [0.25, 0.3) is 10.1 Å². The molecule has 0 aliphatic heterocycles. The molecule has 4 nitrogen and oxygen atoms in total. The highest BCUT2D eigenvalue weighted by atomic mass is 33.4. The Bertz CT molecular complexity index is 161. The maximum absolute atomic E-state index is 9.71. The molecule has 0 aromatic rings. The van der Waals surface area contributed by atoms with Crippen LogP contribution in [0.4, 0.5) is 0 Å². The Labute approximate surface area is 47.1 Å². The Morgan fingerprint density at radius 2 is 1.86 bits per heavy atom. The third-order valence-electron chi connectivity index (χ3n) is 0.180. The molecule has 0 spiro atoms. The van der Waals surface area contributed by atoms with Gasteiger partial charge in [-0.05, 0) is 0 Å². The van der Waals surface area contributed by atoms with Crippen molar-refractivity contribution in [2.24, 2.45) is 0 Å². The molecule has 0 saturated carbocycles. The second kappa shape index (κ2) is 2.14. The van der Waals surface area contributed by atoms with Gasteiger partial charge in [-0.15, -0.1) is 0 Å². The summed E-state index contributed by atoms with van der Waals surface area (Å²) >= 11 is 3.64. The Morgan fingerprint density at radius 1 is 1.71 bits per heavy atom. The van der Waals surface area contributed by atoms with E-state index in [1.54, 1.807) is 0 Å². The van der Waals surface area contributed by atoms with Gasteiger partial charge in [0.15, 0.2) is 0 Å². The van der Waals surface area contributed by atoms with E-state index in [1.165, 1.54) is 0 Å². The van der Waals surface area contributed by atoms with Gasteiger partial charge in [-0.3, -0.25) is 9.11 Å². The molecule has 7 heteroatoms. The number of hydrogen-bond donors (Lipinski definition) is 2. The molecule has 0 aromatic heterocycles. The highest BCUT2D eigenvalue weighted by Gasteiger charge is 2.04. The van der Waals surface area contributed by atoms with E-state index in [2.05, 4.69) is 11.2 Å². The summed E-state index contributed by atoms with van der Waals surface area (Å²) in [5, 5.41) is 0. The van der Waals surface area contributed by atoms with E-state index in [-0.39, 0.29) is 0 Å². The van der Waals surface area contributed by atoms with Crippen LogP contribution in [-0.2, 0) is 29.1 Å². The fraction of sp³-hybridized carbons (Fsp3) is 0. The maximum Gasteiger partial charge on any atom is 0.274 e. The Kier molecular flexibility index (Phi) is 2.27. The third-order valence-corrected chi connectivity index (χ3v) is 2.67. The minimum atomic E-state index is -3.88. The van der Waals surface area contributed by atoms with Crippen LogP contribution in [0.3, 0.4) is 0 Å². The molecule has 0 saturated heterocycles. The van der Waals surface area contributed by atoms with Crippen molar-refractivity contribution in [2.75, 3.05) is 0 Å². The van der Waals surface area contributed by atoms with Gasteiger partial charge in [0.05, 0.1) is 0 Å². The van der Waals surface area contributed by atoms with Crippen LogP contribution in [0.15, 0.2) is 0 Å². The lowest BCUT2D eigenvalue weighted by Gasteiger charge is -1.84. The second-order valence-corrected chi connectivity index (χ2v) is 6.13. The first-order valence-corrected chi connectivity index (χ1v) is 5.10. The van der Waals surface area contributed by atoms with Crippen molar-refractivity contribution in [3.05, 3.63) is 0 Å². The predicted molar refractivity (Wildman–Crippen MR) is 28.9 cm³/mol. The lowest BCUT2D eigenvalue weighted by molar-refractivity contribution is 0.547. The molecule has 44 valence electrons. The summed E-state index contributed by atoms with van der Waals surface area (Å²) < 4.78 is 34.8. The van der Waals surface area contributed by atoms with Gasteiger partial charge in [-0.25, -0.2) is 8.42 Å². The largest absolute Gasteiger partial charge is 0.294 e. The second-order valence-electron chi connectivity index (χ2n) is 0.645. The summed E-state index contributed by atoms with van der Waals surface area (Å²) in [4.78, 5) is 0. The monoisotopic (exact) mass is 162 g/mol. The Morgan fingerprint density at radius 3 is 1.86 bits per heavy atom. The lowest BCUT2D eigenvalue weighted by Crippen LogP contribution is -2.01. The smallest absolute Gasteiger partial charge is 0.274 e. The molecule has 0 bridgehead atoms. The van der Waals surface area contributed by atoms with Crippen molar-refractivity contribution in [2.45, 2.75) is 0 Å². The van der Waals surface area contributed by atoms with Crippen molar-refractivity contribution < 1.29 is 17.5 Å². The fourth-order valence-electron chi connectivity index (χ4n) is 0. The summed E-state index contributed by atoms with van der Waals surface area (Å²) in [5.74, 6) is 0. The molecule has 2 N–H and O–H groups in total. The van der Waals surface area contributed by atoms with Gasteiger partial charge >= 0.3 is 0 Å². The predicted octanol–water partition coefficient (Wildman–Crippen LogP) is -0.658. The molecule has 7 heavy (non-hydrogen) atoms. The summed E-state index contributed by atoms with van der Waals surface area (Å²) in [7, 11) is -6.66. The van der Waals surface area contributed by atoms with Crippen molar-refractivity contribution >= 4 is 29.1 Å². The van der Waals surface area contributed by atoms with E-state index in [9.17, 15) is 8.42 Å². The lowest BCUT2D eigenvalue weighted by atomic mass is 15.9. The minimum absolute atomic E-state index is 2.78. The summed E-state index contributed by atoms with van der Waals surface area (Å²) in [5.41, 5.74) is 0. The van der Waals surface area contributed by atoms with E-state index in [1.807, 2.05) is 0 Å². The van der Waals surface area contributed by atoms with Crippen LogP contribution in [0.25, 0.3) is 0 Å². The molecule has 0 fully saturated rings. The van der Waals surface area contributed by atoms with Crippen LogP contribution in [0.2, 0.25) is 0 Å². The number of rotatable bonds is 1. The van der Waals surface area contributed by atoms with Gasteiger partial charge in [0, 0.05) is 11.2 Å². The fourth-order valence-corrected chi connectivity index (χ4v) is 0. The van der Waals surface area contributed by atoms with Crippen LogP contribution < -0.4 is 0 Å². The van der Waals surface area contributed by atoms with Crippen molar-refractivity contribution in [1.82, 2.24) is 0 Å². The highest BCUT2D eigenvalue weighted by molar-refractivity contribution is 8.75. The molecular weight excluding hydrogens is 160 g/mol. The molecule has 0 radical (unpaired) electrons. The van der Waals surface area contributed by atoms with E-state index >= 15 is 0 Å². The zero-order valence-corrected chi connectivity index (χ0v) is 5.39. The van der Waals surface area contributed by atoms with Crippen LogP contribution >= 0.6 is 0 Å². The topological polar surface area (TPSA) is 74.6 Å². The third kappa shape index (κ3) is 3.06. The molecule has 0 rings (SSSR count). The zero-order valence-electron chi connectivity index (χ0n) is 2.94. The first kappa shape index (κ1) is 7.44. The van der Waals surface area contributed by atoms with Crippen LogP contribution in [0.1, 0.15) is 0 Å². The molecular formula is H2O4S3. The summed E-state index contributed by atoms with van der Waals surface area (Å²) in [6.45, 7) is 0. The normalized spacial score (nSPS) is 23.1. The van der Waals surface area contributed by atoms with Crippen molar-refractivity contribution in [3.63, 3.8) is 0 Å². The summed E-state index contributed by atoms with van der Waals surface area (Å²) in [6.07, 6.45) is 0. The average molecular weight is 162 g/mol. The SMILES string of the molecule is O=S(O)S(=O)(O)=S. The molecule has 0 aromatic carbocycles. The van der Waals surface area contributed by atoms with Gasteiger partial charge in [0.2, 0.25) is 7.80 Å². The zero-order chi connectivity index (χ0) is 6.08. The maximum atomic E-state index is 9.71. The van der Waals surface area contributed by atoms with Crippen LogP contribution in [-0.4, -0.2) is 17.5 Å². The minimum Gasteiger partial charge on any atom is -0.294 e. The van der Waals surface area contributed by atoms with E-state index in [0.717, 1.165) is 0 Å². The molecule has 2 unspecified atom stereocenters. The molecule has 0 aliphatic rings. The first-order chi connectivity index (χ1) is 2.94.